The summed E-state index contributed by atoms with van der Waals surface area (Å²) in [6.45, 7) is 14.5. The molecule has 34 heteroatoms. The van der Waals surface area contributed by atoms with E-state index in [2.05, 4.69) is 56.2 Å². The van der Waals surface area contributed by atoms with Crippen LogP contribution in [0.4, 0.5) is 27.8 Å². The normalized spacial score (nSPS) is 25.1. The number of hydrogen-bond donors (Lipinski definition) is 5. The van der Waals surface area contributed by atoms with E-state index < -0.39 is 86.7 Å². The van der Waals surface area contributed by atoms with E-state index in [0.29, 0.717) is 80.8 Å². The first-order chi connectivity index (χ1) is 41.1. The van der Waals surface area contributed by atoms with Crippen LogP contribution in [0.1, 0.15) is 54.0 Å². The van der Waals surface area contributed by atoms with Crippen LogP contribution >= 0.6 is 0 Å². The Balaban J connectivity index is 0.000000160. The Labute approximate surface area is 492 Å². The fourth-order valence-electron chi connectivity index (χ4n) is 10.4. The summed E-state index contributed by atoms with van der Waals surface area (Å²) in [7, 11) is -7.14. The van der Waals surface area contributed by atoms with Crippen molar-refractivity contribution in [1.82, 2.24) is 58.3 Å². The molecule has 4 amide bonds. The van der Waals surface area contributed by atoms with Crippen LogP contribution in [0.15, 0.2) is 88.6 Å². The van der Waals surface area contributed by atoms with Crippen LogP contribution in [0, 0.1) is 0 Å². The molecule has 0 saturated carbocycles. The standard InChI is InChI=1S/C26H32N8O8S.C15H20N6O4.C11H12N2O4S/c1-4-27-23(35)19-18-20(42-26(2,3)41-18)24(40-19)34-14-30-17-21(28-13-29-22(17)34)32-25(36)31-15-5-7-16(8-6-15)43(37,38)33-9-11-39-12-10-33;1-4-17-13(22)9-8-10(25-15(2,3)24-8)14(23-9)21-6-20-7-11(16)18-5-19-12(7)21;14-9-12-10-1-3-11(4-2-10)18(15,16)13-5-7-17-8-6-13/h5-8,13-14,18-20,24H,4,9-12H2,1-3H3,(H,27,35)(H2,28,29,31,32,36);5-6,8-10,14H,4H2,1-3H3,(H,17,22)(H2,16,18,19);1-4H,5-8H2/t18-,19+,20-,24-;8-,9+,10-,14-;/m11./s1. The number of carbonyl (C=O) groups excluding carboxylic acids is 4. The number of nitrogens with zero attached hydrogens (tertiary/aromatic N) is 11. The highest BCUT2D eigenvalue weighted by Crippen LogP contribution is 2.45. The summed E-state index contributed by atoms with van der Waals surface area (Å²) in [5, 5.41) is 10.9. The predicted molar refractivity (Wildman–Crippen MR) is 300 cm³/mol. The number of benzene rings is 2. The van der Waals surface area contributed by atoms with Gasteiger partial charge in [-0.3, -0.25) is 24.0 Å². The number of isocyanates is 1. The lowest BCUT2D eigenvalue weighted by atomic mass is 10.1. The zero-order chi connectivity index (χ0) is 61.1. The van der Waals surface area contributed by atoms with E-state index in [4.69, 9.17) is 43.6 Å². The van der Waals surface area contributed by atoms with E-state index in [1.807, 2.05) is 27.7 Å². The van der Waals surface area contributed by atoms with E-state index >= 15 is 0 Å². The quantitative estimate of drug-likeness (QED) is 0.0811. The molecular formula is C52H64N16O16S2. The molecule has 8 atom stereocenters. The fraction of sp³-hybridized carbons (Fsp3) is 0.500. The maximum atomic E-state index is 12.9. The van der Waals surface area contributed by atoms with E-state index in [9.17, 15) is 36.0 Å². The third-order valence-corrected chi connectivity index (χ3v) is 18.0. The number of hydrogen-bond acceptors (Lipinski definition) is 24. The number of carbonyl (C=O) groups is 3. The number of aliphatic imine (C=N–C) groups is 1. The zero-order valence-corrected chi connectivity index (χ0v) is 49.1. The summed E-state index contributed by atoms with van der Waals surface area (Å²) < 4.78 is 103. The lowest BCUT2D eigenvalue weighted by Gasteiger charge is -2.26. The van der Waals surface area contributed by atoms with Gasteiger partial charge in [0.1, 0.15) is 42.6 Å². The largest absolute Gasteiger partial charge is 0.382 e. The minimum Gasteiger partial charge on any atom is -0.382 e. The van der Waals surface area contributed by atoms with Gasteiger partial charge in [-0.1, -0.05) is 0 Å². The van der Waals surface area contributed by atoms with E-state index in [1.54, 1.807) is 29.3 Å². The Hall–Kier alpha value is -7.57. The summed E-state index contributed by atoms with van der Waals surface area (Å²) in [4.78, 5) is 77.1. The molecule has 6 aromatic rings. The Morgan fingerprint density at radius 1 is 0.616 bits per heavy atom. The van der Waals surface area contributed by atoms with Crippen molar-refractivity contribution >= 4 is 89.3 Å². The molecule has 6 fully saturated rings. The Morgan fingerprint density at radius 3 is 1.53 bits per heavy atom. The Morgan fingerprint density at radius 2 is 1.06 bits per heavy atom. The molecule has 0 spiro atoms. The summed E-state index contributed by atoms with van der Waals surface area (Å²) >= 11 is 0. The predicted octanol–water partition coefficient (Wildman–Crippen LogP) is 1.68. The molecule has 86 heavy (non-hydrogen) atoms. The second-order valence-corrected chi connectivity index (χ2v) is 24.7. The van der Waals surface area contributed by atoms with Gasteiger partial charge in [0.2, 0.25) is 26.1 Å². The number of imidazole rings is 2. The van der Waals surface area contributed by atoms with Crippen molar-refractivity contribution in [2.75, 3.05) is 82.1 Å². The van der Waals surface area contributed by atoms with Crippen molar-refractivity contribution < 1.29 is 73.9 Å². The number of fused-ring (bicyclic) bond motifs is 4. The maximum Gasteiger partial charge on any atom is 0.324 e. The van der Waals surface area contributed by atoms with Gasteiger partial charge in [-0.15, -0.1) is 0 Å². The molecule has 10 heterocycles. The maximum absolute atomic E-state index is 12.9. The van der Waals surface area contributed by atoms with E-state index in [0.717, 1.165) is 0 Å². The molecule has 2 aromatic carbocycles. The molecule has 12 rings (SSSR count). The number of sulfonamides is 2. The van der Waals surface area contributed by atoms with Crippen molar-refractivity contribution in [1.29, 1.82) is 0 Å². The molecule has 32 nitrogen and oxygen atoms in total. The minimum atomic E-state index is -3.66. The summed E-state index contributed by atoms with van der Waals surface area (Å²) in [6.07, 6.45) is 1.72. The highest BCUT2D eigenvalue weighted by molar-refractivity contribution is 7.89. The van der Waals surface area contributed by atoms with Gasteiger partial charge in [-0.25, -0.2) is 56.3 Å². The molecular weight excluding hydrogens is 1170 g/mol. The number of amides is 4. The lowest BCUT2D eigenvalue weighted by molar-refractivity contribution is -0.198. The van der Waals surface area contributed by atoms with E-state index in [-0.39, 0.29) is 51.8 Å². The molecule has 6 saturated heterocycles. The topological polar surface area (TPSA) is 391 Å². The molecule has 6 aliphatic rings. The second kappa shape index (κ2) is 25.4. The first-order valence-electron chi connectivity index (χ1n) is 27.3. The molecule has 6 aliphatic heterocycles. The Bertz CT molecular complexity index is 3720. The van der Waals surface area contributed by atoms with Gasteiger partial charge < -0.3 is 59.6 Å². The van der Waals surface area contributed by atoms with Crippen molar-refractivity contribution in [3.63, 3.8) is 0 Å². The second-order valence-electron chi connectivity index (χ2n) is 20.8. The first kappa shape index (κ1) is 61.5. The summed E-state index contributed by atoms with van der Waals surface area (Å²) in [5.74, 6) is -1.88. The average Bonchev–Trinajstić information content (AvgIpc) is 1.65. The van der Waals surface area contributed by atoms with Crippen molar-refractivity contribution in [3.8, 4) is 0 Å². The number of ether oxygens (including phenoxy) is 8. The van der Waals surface area contributed by atoms with Crippen molar-refractivity contribution in [2.45, 2.75) is 112 Å². The molecule has 4 aromatic heterocycles. The molecule has 0 radical (unpaired) electrons. The molecule has 0 aliphatic carbocycles. The number of nitrogens with one attached hydrogen (secondary N) is 4. The van der Waals surface area contributed by atoms with Crippen LogP contribution < -0.4 is 27.0 Å². The third-order valence-electron chi connectivity index (χ3n) is 14.1. The van der Waals surface area contributed by atoms with Gasteiger partial charge >= 0.3 is 6.03 Å². The third kappa shape index (κ3) is 12.9. The van der Waals surface area contributed by atoms with Gasteiger partial charge in [-0.2, -0.15) is 13.6 Å². The smallest absolute Gasteiger partial charge is 0.324 e. The average molecular weight is 1230 g/mol. The first-order valence-corrected chi connectivity index (χ1v) is 30.2. The Kier molecular flexibility index (Phi) is 18.2. The van der Waals surface area contributed by atoms with Crippen molar-refractivity contribution in [3.05, 3.63) is 73.8 Å². The van der Waals surface area contributed by atoms with Crippen LogP contribution in [-0.4, -0.2) is 202 Å². The summed E-state index contributed by atoms with van der Waals surface area (Å²) in [5.41, 5.74) is 8.21. The summed E-state index contributed by atoms with van der Waals surface area (Å²) in [6, 6.07) is 11.1. The number of nitrogens with two attached hydrogens (primary N) is 1. The number of nitrogen functional groups attached to an aromatic ring is 1. The fourth-order valence-corrected chi connectivity index (χ4v) is 13.2. The minimum absolute atomic E-state index is 0.120. The van der Waals surface area contributed by atoms with Gasteiger partial charge in [0.25, 0.3) is 11.8 Å². The molecule has 6 N–H and O–H groups in total. The van der Waals surface area contributed by atoms with Gasteiger partial charge in [0, 0.05) is 45.0 Å². The number of morpholine rings is 2. The lowest BCUT2D eigenvalue weighted by Crippen LogP contribution is -2.42. The highest BCUT2D eigenvalue weighted by Gasteiger charge is 2.60. The van der Waals surface area contributed by atoms with Gasteiger partial charge in [0.05, 0.1) is 54.6 Å². The van der Waals surface area contributed by atoms with Crippen molar-refractivity contribution in [2.24, 2.45) is 4.99 Å². The number of anilines is 3. The monoisotopic (exact) mass is 1230 g/mol. The van der Waals surface area contributed by atoms with Crippen LogP contribution in [0.25, 0.3) is 22.3 Å². The SMILES string of the molecule is CCNC(=O)[C@H]1O[C@@H](n2cnc3c(N)ncnc32)[C@@H]2OC(C)(C)O[C@@H]21.CCNC(=O)[C@H]1O[C@@H](n2cnc3c(NC(=O)Nc4ccc(S(=O)(=O)N5CCOCC5)cc4)ncnc32)[C@@H]2OC(C)(C)O[C@@H]21.O=C=Nc1ccc(S(=O)(=O)N2CCOCC2)cc1. The molecule has 0 unspecified atom stereocenters. The van der Waals surface area contributed by atoms with Crippen LogP contribution in [0.5, 0.6) is 0 Å². The van der Waals surface area contributed by atoms with Gasteiger partial charge in [0.15, 0.2) is 64.7 Å². The molecule has 0 bridgehead atoms. The number of likely N-dealkylation sites (N-methyl/N-ethyl adjacent to an activating group) is 2. The van der Waals surface area contributed by atoms with Crippen LogP contribution in [0.2, 0.25) is 0 Å². The number of rotatable bonds is 13. The van der Waals surface area contributed by atoms with E-state index in [1.165, 1.54) is 82.2 Å². The molecule has 460 valence electrons. The zero-order valence-electron chi connectivity index (χ0n) is 47.5. The van der Waals surface area contributed by atoms with Crippen LogP contribution in [-0.2, 0) is 72.3 Å². The highest BCUT2D eigenvalue weighted by atomic mass is 32.2. The number of urea groups is 1. The van der Waals surface area contributed by atoms with Crippen LogP contribution in [0.3, 0.4) is 0 Å². The van der Waals surface area contributed by atoms with Gasteiger partial charge in [-0.05, 0) is 90.1 Å². The number of aromatic nitrogens is 8.